The Morgan fingerprint density at radius 3 is 1.88 bits per heavy atom. The van der Waals surface area contributed by atoms with Crippen LogP contribution in [0.15, 0.2) is 0 Å². The van der Waals surface area contributed by atoms with Gasteiger partial charge in [0.1, 0.15) is 0 Å². The summed E-state index contributed by atoms with van der Waals surface area (Å²) in [5.41, 5.74) is 2.92. The first-order valence-electron chi connectivity index (χ1n) is 6.83. The highest BCUT2D eigenvalue weighted by atomic mass is 16.7. The van der Waals surface area contributed by atoms with Gasteiger partial charge >= 0.3 is 6.09 Å². The van der Waals surface area contributed by atoms with Crippen LogP contribution in [0.1, 0.15) is 71.1 Å². The van der Waals surface area contributed by atoms with Gasteiger partial charge in [0.2, 0.25) is 0 Å². The molecule has 0 aliphatic rings. The number of hydrogen-bond acceptors (Lipinski definition) is 2. The predicted molar refractivity (Wildman–Crippen MR) is 68.0 cm³/mol. The normalized spacial score (nSPS) is 10.4. The molecule has 101 valence electrons. The van der Waals surface area contributed by atoms with Crippen LogP contribution in [0.3, 0.4) is 0 Å². The Bertz CT molecular complexity index is 174. The third-order valence-electron chi connectivity index (χ3n) is 2.73. The third kappa shape index (κ3) is 15.2. The lowest BCUT2D eigenvalue weighted by atomic mass is 10.1. The van der Waals surface area contributed by atoms with E-state index in [2.05, 4.69) is 17.2 Å². The van der Waals surface area contributed by atoms with Gasteiger partial charge in [-0.25, -0.2) is 9.63 Å². The third-order valence-corrected chi connectivity index (χ3v) is 2.73. The lowest BCUT2D eigenvalue weighted by molar-refractivity contribution is 0.0334. The van der Waals surface area contributed by atoms with Crippen molar-refractivity contribution in [2.75, 3.05) is 6.61 Å². The van der Waals surface area contributed by atoms with Gasteiger partial charge in [-0.3, -0.25) is 0 Å². The lowest BCUT2D eigenvalue weighted by Gasteiger charge is -2.02. The standard InChI is InChI=1S/C13H26NO3/c1-2-3-4-5-6-7-8-9-10-11-12-17-14-13(15)16/h2-12H2,1H3,(H,15,16). The van der Waals surface area contributed by atoms with E-state index in [1.54, 1.807) is 0 Å². The molecular weight excluding hydrogens is 218 g/mol. The number of nitrogens with zero attached hydrogens (tertiary/aromatic N) is 1. The van der Waals surface area contributed by atoms with Gasteiger partial charge in [0.15, 0.2) is 0 Å². The largest absolute Gasteiger partial charge is 0.462 e. The van der Waals surface area contributed by atoms with Crippen LogP contribution in [0.4, 0.5) is 4.79 Å². The van der Waals surface area contributed by atoms with Crippen molar-refractivity contribution in [2.45, 2.75) is 71.1 Å². The highest BCUT2D eigenvalue weighted by molar-refractivity contribution is 5.62. The Morgan fingerprint density at radius 2 is 1.41 bits per heavy atom. The molecule has 0 aromatic heterocycles. The first-order chi connectivity index (χ1) is 8.27. The van der Waals surface area contributed by atoms with Gasteiger partial charge in [-0.2, -0.15) is 0 Å². The zero-order valence-corrected chi connectivity index (χ0v) is 11.0. The molecule has 0 atom stereocenters. The molecule has 0 aromatic carbocycles. The summed E-state index contributed by atoms with van der Waals surface area (Å²) in [6.45, 7) is 2.65. The van der Waals surface area contributed by atoms with Gasteiger partial charge < -0.3 is 5.11 Å². The van der Waals surface area contributed by atoms with Crippen LogP contribution >= 0.6 is 0 Å². The zero-order valence-electron chi connectivity index (χ0n) is 11.0. The van der Waals surface area contributed by atoms with Crippen LogP contribution in [0.2, 0.25) is 0 Å². The van der Waals surface area contributed by atoms with Crippen molar-refractivity contribution in [1.82, 2.24) is 5.48 Å². The Labute approximate surface area is 105 Å². The van der Waals surface area contributed by atoms with Gasteiger partial charge in [0, 0.05) is 0 Å². The molecule has 17 heavy (non-hydrogen) atoms. The molecule has 0 rings (SSSR count). The van der Waals surface area contributed by atoms with Gasteiger partial charge in [0.25, 0.3) is 0 Å². The van der Waals surface area contributed by atoms with E-state index in [4.69, 9.17) is 5.11 Å². The summed E-state index contributed by atoms with van der Waals surface area (Å²) in [5, 5.41) is 8.18. The molecular formula is C13H26NO3. The maximum absolute atomic E-state index is 9.99. The second-order valence-corrected chi connectivity index (χ2v) is 4.39. The fraction of sp³-hybridized carbons (Fsp3) is 0.923. The van der Waals surface area contributed by atoms with E-state index in [1.807, 2.05) is 0 Å². The van der Waals surface area contributed by atoms with Crippen molar-refractivity contribution in [3.05, 3.63) is 0 Å². The Balaban J connectivity index is 2.91. The minimum absolute atomic E-state index is 0.419. The summed E-state index contributed by atoms with van der Waals surface area (Å²) in [4.78, 5) is 14.6. The van der Waals surface area contributed by atoms with Crippen molar-refractivity contribution in [3.63, 3.8) is 0 Å². The smallest absolute Gasteiger partial charge is 0.454 e. The van der Waals surface area contributed by atoms with E-state index < -0.39 is 6.09 Å². The molecule has 0 fully saturated rings. The van der Waals surface area contributed by atoms with E-state index in [-0.39, 0.29) is 0 Å². The SMILES string of the molecule is CCCCCCCCCCCCO[N]C(=O)O. The monoisotopic (exact) mass is 244 g/mol. The Hall–Kier alpha value is -0.770. The quantitative estimate of drug-likeness (QED) is 0.415. The first kappa shape index (κ1) is 16.2. The maximum atomic E-state index is 9.99. The molecule has 4 nitrogen and oxygen atoms in total. The van der Waals surface area contributed by atoms with Crippen molar-refractivity contribution in [1.29, 1.82) is 0 Å². The highest BCUT2D eigenvalue weighted by Gasteiger charge is 1.97. The van der Waals surface area contributed by atoms with E-state index in [0.717, 1.165) is 12.8 Å². The summed E-state index contributed by atoms with van der Waals surface area (Å²) >= 11 is 0. The highest BCUT2D eigenvalue weighted by Crippen LogP contribution is 2.10. The summed E-state index contributed by atoms with van der Waals surface area (Å²) in [7, 11) is 0. The topological polar surface area (TPSA) is 60.6 Å². The van der Waals surface area contributed by atoms with Gasteiger partial charge in [-0.15, -0.1) is 0 Å². The van der Waals surface area contributed by atoms with Crippen LogP contribution in [0.5, 0.6) is 0 Å². The number of hydroxylamine groups is 1. The summed E-state index contributed by atoms with van der Waals surface area (Å²) in [6.07, 6.45) is 11.3. The number of rotatable bonds is 12. The molecule has 0 aliphatic carbocycles. The van der Waals surface area contributed by atoms with Gasteiger partial charge in [-0.1, -0.05) is 70.2 Å². The predicted octanol–water partition coefficient (Wildman–Crippen LogP) is 4.12. The Morgan fingerprint density at radius 1 is 0.941 bits per heavy atom. The molecule has 0 spiro atoms. The fourth-order valence-corrected chi connectivity index (χ4v) is 1.75. The summed E-state index contributed by atoms with van der Waals surface area (Å²) < 4.78 is 0. The molecule has 0 saturated carbocycles. The molecule has 0 aromatic rings. The molecule has 1 amide bonds. The van der Waals surface area contributed by atoms with Crippen molar-refractivity contribution in [3.8, 4) is 0 Å². The average Bonchev–Trinajstić information content (AvgIpc) is 2.30. The van der Waals surface area contributed by atoms with Gasteiger partial charge in [-0.05, 0) is 6.42 Å². The summed E-state index contributed by atoms with van der Waals surface area (Å²) in [5.74, 6) is 0. The van der Waals surface area contributed by atoms with Crippen LogP contribution in [0, 0.1) is 0 Å². The van der Waals surface area contributed by atoms with E-state index in [1.165, 1.54) is 51.4 Å². The van der Waals surface area contributed by atoms with E-state index in [0.29, 0.717) is 6.61 Å². The van der Waals surface area contributed by atoms with Crippen molar-refractivity contribution < 1.29 is 14.7 Å². The average molecular weight is 244 g/mol. The minimum atomic E-state index is -1.25. The maximum Gasteiger partial charge on any atom is 0.454 e. The number of carbonyl (C=O) groups is 1. The van der Waals surface area contributed by atoms with E-state index in [9.17, 15) is 4.79 Å². The molecule has 0 bridgehead atoms. The Kier molecular flexibility index (Phi) is 12.7. The first-order valence-corrected chi connectivity index (χ1v) is 6.83. The van der Waals surface area contributed by atoms with Crippen molar-refractivity contribution in [2.24, 2.45) is 0 Å². The lowest BCUT2D eigenvalue weighted by Crippen LogP contribution is -2.13. The minimum Gasteiger partial charge on any atom is -0.462 e. The fourth-order valence-electron chi connectivity index (χ4n) is 1.75. The zero-order chi connectivity index (χ0) is 12.8. The van der Waals surface area contributed by atoms with E-state index >= 15 is 0 Å². The number of amides is 1. The number of hydrogen-bond donors (Lipinski definition) is 1. The van der Waals surface area contributed by atoms with Crippen LogP contribution in [-0.2, 0) is 4.84 Å². The molecule has 0 saturated heterocycles. The number of carboxylic acid groups (broad SMARTS) is 1. The van der Waals surface area contributed by atoms with Crippen LogP contribution < -0.4 is 5.48 Å². The van der Waals surface area contributed by atoms with Crippen LogP contribution in [-0.4, -0.2) is 17.8 Å². The van der Waals surface area contributed by atoms with Crippen molar-refractivity contribution >= 4 is 6.09 Å². The summed E-state index contributed by atoms with van der Waals surface area (Å²) in [6, 6.07) is 0. The molecule has 0 heterocycles. The second-order valence-electron chi connectivity index (χ2n) is 4.39. The molecule has 1 N–H and O–H groups in total. The molecule has 4 heteroatoms. The van der Waals surface area contributed by atoms with Crippen LogP contribution in [0.25, 0.3) is 0 Å². The number of unbranched alkanes of at least 4 members (excludes halogenated alkanes) is 9. The molecule has 1 radical (unpaired) electrons. The second kappa shape index (κ2) is 13.3. The molecule has 0 aliphatic heterocycles. The molecule has 0 unspecified atom stereocenters. The van der Waals surface area contributed by atoms with Gasteiger partial charge in [0.05, 0.1) is 6.61 Å².